The number of carbonyl (C=O) groups excluding carboxylic acids is 1. The first kappa shape index (κ1) is 10.5. The molecule has 0 saturated carbocycles. The Morgan fingerprint density at radius 3 is 2.75 bits per heavy atom. The number of aromatic nitrogens is 1. The zero-order chi connectivity index (χ0) is 11.5. The highest BCUT2D eigenvalue weighted by Crippen LogP contribution is 2.22. The van der Waals surface area contributed by atoms with Crippen molar-refractivity contribution in [1.29, 1.82) is 0 Å². The maximum absolute atomic E-state index is 13.1. The van der Waals surface area contributed by atoms with Crippen molar-refractivity contribution in [1.82, 2.24) is 4.98 Å². The molecular formula is C13H10FNO. The van der Waals surface area contributed by atoms with Gasteiger partial charge in [-0.3, -0.25) is 9.78 Å². The number of hydrogen-bond donors (Lipinski definition) is 0. The van der Waals surface area contributed by atoms with E-state index in [4.69, 9.17) is 0 Å². The van der Waals surface area contributed by atoms with Gasteiger partial charge in [-0.15, -0.1) is 0 Å². The number of carbonyl (C=O) groups is 1. The number of aryl methyl sites for hydroxylation is 1. The second kappa shape index (κ2) is 4.23. The number of halogens is 1. The lowest BCUT2D eigenvalue weighted by Crippen LogP contribution is -1.92. The second-order valence-corrected chi connectivity index (χ2v) is 3.57. The summed E-state index contributed by atoms with van der Waals surface area (Å²) < 4.78 is 13.1. The summed E-state index contributed by atoms with van der Waals surface area (Å²) in [5.41, 5.74) is 2.60. The van der Waals surface area contributed by atoms with Crippen LogP contribution in [0.5, 0.6) is 0 Å². The highest BCUT2D eigenvalue weighted by molar-refractivity contribution is 5.86. The predicted molar refractivity (Wildman–Crippen MR) is 59.8 cm³/mol. The number of aldehydes is 1. The van der Waals surface area contributed by atoms with Crippen LogP contribution in [0.1, 0.15) is 15.9 Å². The Labute approximate surface area is 92.8 Å². The van der Waals surface area contributed by atoms with Crippen molar-refractivity contribution in [3.8, 4) is 11.3 Å². The molecule has 2 rings (SSSR count). The van der Waals surface area contributed by atoms with E-state index in [1.807, 2.05) is 19.1 Å². The van der Waals surface area contributed by atoms with Crippen LogP contribution >= 0.6 is 0 Å². The largest absolute Gasteiger partial charge is 0.298 e. The third kappa shape index (κ3) is 1.98. The van der Waals surface area contributed by atoms with E-state index >= 15 is 0 Å². The highest BCUT2D eigenvalue weighted by atomic mass is 19.1. The quantitative estimate of drug-likeness (QED) is 0.721. The van der Waals surface area contributed by atoms with Crippen LogP contribution in [-0.2, 0) is 0 Å². The van der Waals surface area contributed by atoms with Crippen molar-refractivity contribution in [3.63, 3.8) is 0 Å². The van der Waals surface area contributed by atoms with E-state index in [9.17, 15) is 9.18 Å². The fourth-order valence-electron chi connectivity index (χ4n) is 1.54. The van der Waals surface area contributed by atoms with E-state index in [-0.39, 0.29) is 5.82 Å². The average molecular weight is 215 g/mol. The molecule has 1 heterocycles. The molecule has 16 heavy (non-hydrogen) atoms. The number of nitrogens with zero attached hydrogens (tertiary/aromatic N) is 1. The second-order valence-electron chi connectivity index (χ2n) is 3.57. The highest BCUT2D eigenvalue weighted by Gasteiger charge is 2.07. The minimum Gasteiger partial charge on any atom is -0.298 e. The first-order chi connectivity index (χ1) is 7.70. The van der Waals surface area contributed by atoms with Gasteiger partial charge < -0.3 is 0 Å². The lowest BCUT2D eigenvalue weighted by Gasteiger charge is -2.05. The first-order valence-electron chi connectivity index (χ1n) is 4.88. The van der Waals surface area contributed by atoms with Crippen LogP contribution in [0.3, 0.4) is 0 Å². The van der Waals surface area contributed by atoms with Gasteiger partial charge in [-0.25, -0.2) is 4.39 Å². The Balaban J connectivity index is 2.62. The zero-order valence-electron chi connectivity index (χ0n) is 8.77. The summed E-state index contributed by atoms with van der Waals surface area (Å²) in [6.07, 6.45) is 2.35. The normalized spacial score (nSPS) is 10.1. The van der Waals surface area contributed by atoms with Gasteiger partial charge in [0.1, 0.15) is 5.82 Å². The van der Waals surface area contributed by atoms with E-state index in [0.29, 0.717) is 23.1 Å². The van der Waals surface area contributed by atoms with E-state index in [2.05, 4.69) is 4.98 Å². The zero-order valence-corrected chi connectivity index (χ0v) is 8.77. The molecule has 1 aromatic heterocycles. The molecule has 2 nitrogen and oxygen atoms in total. The van der Waals surface area contributed by atoms with E-state index in [1.54, 1.807) is 6.20 Å². The van der Waals surface area contributed by atoms with Gasteiger partial charge in [-0.1, -0.05) is 0 Å². The van der Waals surface area contributed by atoms with Gasteiger partial charge in [0.15, 0.2) is 6.29 Å². The topological polar surface area (TPSA) is 30.0 Å². The molecule has 0 bridgehead atoms. The van der Waals surface area contributed by atoms with Crippen molar-refractivity contribution in [2.75, 3.05) is 0 Å². The number of hydrogen-bond acceptors (Lipinski definition) is 2. The molecular weight excluding hydrogens is 205 g/mol. The van der Waals surface area contributed by atoms with E-state index in [1.165, 1.54) is 18.2 Å². The summed E-state index contributed by atoms with van der Waals surface area (Å²) in [5.74, 6) is -0.371. The maximum atomic E-state index is 13.1. The minimum absolute atomic E-state index is 0.371. The lowest BCUT2D eigenvalue weighted by molar-refractivity contribution is 0.112. The first-order valence-corrected chi connectivity index (χ1v) is 4.88. The SMILES string of the molecule is Cc1ccnc(-c2cc(F)ccc2C=O)c1. The molecule has 0 N–H and O–H groups in total. The summed E-state index contributed by atoms with van der Waals surface area (Å²) in [4.78, 5) is 15.0. The lowest BCUT2D eigenvalue weighted by atomic mass is 10.0. The average Bonchev–Trinajstić information content (AvgIpc) is 2.29. The van der Waals surface area contributed by atoms with Crippen molar-refractivity contribution in [3.05, 3.63) is 53.5 Å². The summed E-state index contributed by atoms with van der Waals surface area (Å²) in [6, 6.07) is 7.72. The van der Waals surface area contributed by atoms with Gasteiger partial charge in [0, 0.05) is 17.3 Å². The number of rotatable bonds is 2. The monoisotopic (exact) mass is 215 g/mol. The van der Waals surface area contributed by atoms with Crippen LogP contribution in [0.2, 0.25) is 0 Å². The Morgan fingerprint density at radius 2 is 2.06 bits per heavy atom. The Hall–Kier alpha value is -2.03. The van der Waals surface area contributed by atoms with Crippen LogP contribution < -0.4 is 0 Å². The van der Waals surface area contributed by atoms with Crippen molar-refractivity contribution >= 4 is 6.29 Å². The van der Waals surface area contributed by atoms with Crippen LogP contribution in [0.25, 0.3) is 11.3 Å². The van der Waals surface area contributed by atoms with Crippen LogP contribution in [0, 0.1) is 12.7 Å². The van der Waals surface area contributed by atoms with Gasteiger partial charge in [0.2, 0.25) is 0 Å². The number of benzene rings is 1. The molecule has 0 spiro atoms. The van der Waals surface area contributed by atoms with Crippen LogP contribution in [-0.4, -0.2) is 11.3 Å². The molecule has 0 aliphatic carbocycles. The van der Waals surface area contributed by atoms with Crippen LogP contribution in [0.4, 0.5) is 4.39 Å². The standard InChI is InChI=1S/C13H10FNO/c1-9-4-5-15-13(6-9)12-7-11(14)3-2-10(12)8-16/h2-8H,1H3. The molecule has 0 unspecified atom stereocenters. The van der Waals surface area contributed by atoms with Gasteiger partial charge in [-0.05, 0) is 42.8 Å². The molecule has 0 amide bonds. The molecule has 0 atom stereocenters. The third-order valence-electron chi connectivity index (χ3n) is 2.33. The molecule has 0 aliphatic heterocycles. The van der Waals surface area contributed by atoms with Gasteiger partial charge in [0.05, 0.1) is 5.69 Å². The predicted octanol–water partition coefficient (Wildman–Crippen LogP) is 3.01. The molecule has 1 aromatic carbocycles. The molecule has 0 radical (unpaired) electrons. The molecule has 0 saturated heterocycles. The fourth-order valence-corrected chi connectivity index (χ4v) is 1.54. The smallest absolute Gasteiger partial charge is 0.150 e. The molecule has 2 aromatic rings. The van der Waals surface area contributed by atoms with Gasteiger partial charge >= 0.3 is 0 Å². The Kier molecular flexibility index (Phi) is 2.77. The van der Waals surface area contributed by atoms with Crippen molar-refractivity contribution in [2.24, 2.45) is 0 Å². The Bertz CT molecular complexity index is 537. The van der Waals surface area contributed by atoms with Crippen LogP contribution in [0.15, 0.2) is 36.5 Å². The summed E-state index contributed by atoms with van der Waals surface area (Å²) in [7, 11) is 0. The van der Waals surface area contributed by atoms with Crippen molar-refractivity contribution < 1.29 is 9.18 Å². The van der Waals surface area contributed by atoms with E-state index in [0.717, 1.165) is 5.56 Å². The maximum Gasteiger partial charge on any atom is 0.150 e. The van der Waals surface area contributed by atoms with Gasteiger partial charge in [-0.2, -0.15) is 0 Å². The molecule has 80 valence electrons. The van der Waals surface area contributed by atoms with Crippen molar-refractivity contribution in [2.45, 2.75) is 6.92 Å². The van der Waals surface area contributed by atoms with Gasteiger partial charge in [0.25, 0.3) is 0 Å². The third-order valence-corrected chi connectivity index (χ3v) is 2.33. The fraction of sp³-hybridized carbons (Fsp3) is 0.0769. The summed E-state index contributed by atoms with van der Waals surface area (Å²) in [6.45, 7) is 1.92. The molecule has 3 heteroatoms. The minimum atomic E-state index is -0.371. The molecule has 0 aliphatic rings. The summed E-state index contributed by atoms with van der Waals surface area (Å²) in [5, 5.41) is 0. The number of pyridine rings is 1. The van der Waals surface area contributed by atoms with E-state index < -0.39 is 0 Å². The molecule has 0 fully saturated rings. The summed E-state index contributed by atoms with van der Waals surface area (Å²) >= 11 is 0. The Morgan fingerprint density at radius 1 is 1.25 bits per heavy atom.